The van der Waals surface area contributed by atoms with E-state index in [0.29, 0.717) is 46.5 Å². The van der Waals surface area contributed by atoms with Gasteiger partial charge in [0.25, 0.3) is 0 Å². The van der Waals surface area contributed by atoms with Crippen LogP contribution < -0.4 is 20.7 Å². The van der Waals surface area contributed by atoms with Crippen LogP contribution in [0, 0.1) is 0 Å². The van der Waals surface area contributed by atoms with Crippen LogP contribution in [0.1, 0.15) is 12.5 Å². The zero-order chi connectivity index (χ0) is 23.4. The van der Waals surface area contributed by atoms with Crippen molar-refractivity contribution in [1.82, 2.24) is 19.9 Å². The third-order valence-electron chi connectivity index (χ3n) is 4.41. The van der Waals surface area contributed by atoms with Crippen molar-refractivity contribution in [2.75, 3.05) is 26.9 Å². The van der Waals surface area contributed by atoms with Crippen LogP contribution in [0.5, 0.6) is 0 Å². The van der Waals surface area contributed by atoms with Crippen LogP contribution in [0.3, 0.4) is 0 Å². The molecule has 0 spiro atoms. The lowest BCUT2D eigenvalue weighted by atomic mass is 10.2. The Morgan fingerprint density at radius 1 is 1.03 bits per heavy atom. The molecule has 33 heavy (non-hydrogen) atoms. The molecule has 0 fully saturated rings. The normalized spacial score (nSPS) is 11.2. The Hall–Kier alpha value is -4.19. The summed E-state index contributed by atoms with van der Waals surface area (Å²) >= 11 is 0. The van der Waals surface area contributed by atoms with Crippen molar-refractivity contribution in [1.29, 1.82) is 0 Å². The summed E-state index contributed by atoms with van der Waals surface area (Å²) in [6.45, 7) is 1.91. The van der Waals surface area contributed by atoms with Gasteiger partial charge in [-0.25, -0.2) is 13.4 Å². The fraction of sp³-hybridized carbons (Fsp3) is 0.143. The molecule has 0 unspecified atom stereocenters. The molecule has 0 saturated carbocycles. The largest absolute Gasteiger partial charge is 0.364 e. The first-order valence-corrected chi connectivity index (χ1v) is 11.8. The van der Waals surface area contributed by atoms with Crippen molar-refractivity contribution < 1.29 is 13.2 Å². The number of hydrogen-bond acceptors (Lipinski definition) is 8. The second-order valence-electron chi connectivity index (χ2n) is 7.31. The van der Waals surface area contributed by atoms with Gasteiger partial charge in [-0.3, -0.25) is 9.52 Å². The van der Waals surface area contributed by atoms with Crippen molar-refractivity contribution >= 4 is 55.9 Å². The van der Waals surface area contributed by atoms with Crippen molar-refractivity contribution in [2.45, 2.75) is 13.5 Å². The number of nitrogens with zero attached hydrogens (tertiary/aromatic N) is 3. The van der Waals surface area contributed by atoms with E-state index in [1.807, 2.05) is 24.3 Å². The molecule has 0 aliphatic rings. The van der Waals surface area contributed by atoms with Crippen LogP contribution in [0.15, 0.2) is 54.9 Å². The highest BCUT2D eigenvalue weighted by atomic mass is 32.2. The van der Waals surface area contributed by atoms with E-state index in [1.54, 1.807) is 24.3 Å². The second-order valence-corrected chi connectivity index (χ2v) is 9.06. The molecule has 0 atom stereocenters. The summed E-state index contributed by atoms with van der Waals surface area (Å²) in [5.41, 5.74) is 3.79. The van der Waals surface area contributed by atoms with Gasteiger partial charge >= 0.3 is 0 Å². The number of H-pyrrole nitrogens is 1. The van der Waals surface area contributed by atoms with E-state index < -0.39 is 10.0 Å². The highest BCUT2D eigenvalue weighted by molar-refractivity contribution is 7.92. The van der Waals surface area contributed by atoms with Crippen LogP contribution >= 0.6 is 0 Å². The summed E-state index contributed by atoms with van der Waals surface area (Å²) in [5, 5.41) is 9.12. The zero-order valence-corrected chi connectivity index (χ0v) is 18.7. The average Bonchev–Trinajstić information content (AvgIpc) is 3.19. The molecule has 0 radical (unpaired) electrons. The summed E-state index contributed by atoms with van der Waals surface area (Å²) in [7, 11) is -3.39. The number of hydrogen-bond donors (Lipinski definition) is 5. The first-order chi connectivity index (χ1) is 15.7. The first-order valence-electron chi connectivity index (χ1n) is 9.91. The Morgan fingerprint density at radius 3 is 2.58 bits per heavy atom. The minimum absolute atomic E-state index is 0.137. The fourth-order valence-electron chi connectivity index (χ4n) is 3.17. The van der Waals surface area contributed by atoms with Crippen LogP contribution in [0.25, 0.3) is 11.2 Å². The standard InChI is InChI=1S/C21H22N8O3S/c1-13(30)25-15-6-3-5-14(9-15)11-22-19-18-20(24-12-23-18)28-21(27-19)26-16-7-4-8-17(10-16)29-33(2,31)32/h3-10,12,29H,11H2,1-2H3,(H,25,30)(H3,22,23,24,26,27,28). The third-order valence-corrected chi connectivity index (χ3v) is 5.02. The van der Waals surface area contributed by atoms with Crippen LogP contribution in [0.2, 0.25) is 0 Å². The van der Waals surface area contributed by atoms with Gasteiger partial charge in [-0.1, -0.05) is 18.2 Å². The van der Waals surface area contributed by atoms with E-state index in [-0.39, 0.29) is 5.91 Å². The summed E-state index contributed by atoms with van der Waals surface area (Å²) in [6, 6.07) is 14.3. The number of carbonyl (C=O) groups excluding carboxylic acids is 1. The van der Waals surface area contributed by atoms with Gasteiger partial charge in [-0.05, 0) is 35.9 Å². The Bertz CT molecular complexity index is 1420. The maximum Gasteiger partial charge on any atom is 0.231 e. The quantitative estimate of drug-likeness (QED) is 0.265. The van der Waals surface area contributed by atoms with E-state index in [0.717, 1.165) is 11.8 Å². The number of nitrogens with one attached hydrogen (secondary N) is 5. The molecule has 0 aliphatic carbocycles. The molecule has 2 aromatic heterocycles. The van der Waals surface area contributed by atoms with Crippen molar-refractivity contribution in [3.8, 4) is 0 Å². The van der Waals surface area contributed by atoms with E-state index in [2.05, 4.69) is 40.6 Å². The number of aromatic nitrogens is 4. The highest BCUT2D eigenvalue weighted by Gasteiger charge is 2.11. The van der Waals surface area contributed by atoms with Gasteiger partial charge in [0, 0.05) is 24.8 Å². The van der Waals surface area contributed by atoms with Gasteiger partial charge in [-0.15, -0.1) is 0 Å². The summed E-state index contributed by atoms with van der Waals surface area (Å²) in [5.74, 6) is 0.692. The summed E-state index contributed by atoms with van der Waals surface area (Å²) in [4.78, 5) is 27.5. The molecule has 4 aromatic rings. The maximum atomic E-state index is 11.5. The van der Waals surface area contributed by atoms with Crippen molar-refractivity contribution in [3.05, 3.63) is 60.4 Å². The number of benzene rings is 2. The van der Waals surface area contributed by atoms with Crippen molar-refractivity contribution in [2.24, 2.45) is 0 Å². The molecule has 5 N–H and O–H groups in total. The van der Waals surface area contributed by atoms with Crippen LogP contribution in [-0.2, 0) is 21.4 Å². The topological polar surface area (TPSA) is 154 Å². The number of imidazole rings is 1. The maximum absolute atomic E-state index is 11.5. The van der Waals surface area contributed by atoms with Gasteiger partial charge in [0.2, 0.25) is 21.9 Å². The lowest BCUT2D eigenvalue weighted by Gasteiger charge is -2.11. The monoisotopic (exact) mass is 466 g/mol. The molecule has 2 aromatic carbocycles. The molecule has 11 nitrogen and oxygen atoms in total. The van der Waals surface area contributed by atoms with E-state index in [1.165, 1.54) is 13.3 Å². The molecular formula is C21H22N8O3S. The van der Waals surface area contributed by atoms with Gasteiger partial charge in [0.1, 0.15) is 5.52 Å². The van der Waals surface area contributed by atoms with Gasteiger partial charge < -0.3 is 20.9 Å². The van der Waals surface area contributed by atoms with E-state index in [4.69, 9.17) is 0 Å². The smallest absolute Gasteiger partial charge is 0.231 e. The fourth-order valence-corrected chi connectivity index (χ4v) is 3.72. The first kappa shape index (κ1) is 22.0. The number of fused-ring (bicyclic) bond motifs is 1. The Morgan fingerprint density at radius 2 is 1.79 bits per heavy atom. The number of amides is 1. The molecule has 170 valence electrons. The van der Waals surface area contributed by atoms with E-state index in [9.17, 15) is 13.2 Å². The minimum atomic E-state index is -3.39. The van der Waals surface area contributed by atoms with E-state index >= 15 is 0 Å². The molecule has 0 aliphatic heterocycles. The molecule has 12 heteroatoms. The number of aromatic amines is 1. The van der Waals surface area contributed by atoms with Gasteiger partial charge in [0.05, 0.1) is 18.3 Å². The second kappa shape index (κ2) is 9.12. The predicted octanol–water partition coefficient (Wildman–Crippen LogP) is 3.04. The molecule has 0 saturated heterocycles. The van der Waals surface area contributed by atoms with Crippen molar-refractivity contribution in [3.63, 3.8) is 0 Å². The lowest BCUT2D eigenvalue weighted by Crippen LogP contribution is -2.10. The molecule has 1 amide bonds. The van der Waals surface area contributed by atoms with Crippen LogP contribution in [0.4, 0.5) is 28.8 Å². The summed E-state index contributed by atoms with van der Waals surface area (Å²) < 4.78 is 25.4. The summed E-state index contributed by atoms with van der Waals surface area (Å²) in [6.07, 6.45) is 2.62. The highest BCUT2D eigenvalue weighted by Crippen LogP contribution is 2.23. The molecule has 2 heterocycles. The number of anilines is 5. The third kappa shape index (κ3) is 5.95. The Labute approximate surface area is 190 Å². The lowest BCUT2D eigenvalue weighted by molar-refractivity contribution is -0.114. The Balaban J connectivity index is 1.55. The van der Waals surface area contributed by atoms with Gasteiger partial charge in [-0.2, -0.15) is 9.97 Å². The molecular weight excluding hydrogens is 444 g/mol. The van der Waals surface area contributed by atoms with Crippen LogP contribution in [-0.4, -0.2) is 40.5 Å². The number of rotatable bonds is 8. The molecule has 0 bridgehead atoms. The molecule has 4 rings (SSSR count). The van der Waals surface area contributed by atoms with Gasteiger partial charge in [0.15, 0.2) is 11.5 Å². The predicted molar refractivity (Wildman–Crippen MR) is 128 cm³/mol. The average molecular weight is 467 g/mol. The zero-order valence-electron chi connectivity index (χ0n) is 17.9. The number of sulfonamides is 1. The Kier molecular flexibility index (Phi) is 6.09. The number of carbonyl (C=O) groups is 1. The SMILES string of the molecule is CC(=O)Nc1cccc(CNc2nc(Nc3cccc(NS(C)(=O)=O)c3)nc3nc[nH]c23)c1. The minimum Gasteiger partial charge on any atom is -0.364 e.